The Balaban J connectivity index is 1.22. The maximum atomic E-state index is 11.3. The van der Waals surface area contributed by atoms with Gasteiger partial charge in [-0.05, 0) is 35.4 Å². The van der Waals surface area contributed by atoms with Crippen LogP contribution in [0.4, 0.5) is 4.79 Å². The summed E-state index contributed by atoms with van der Waals surface area (Å²) in [5, 5.41) is 0.657. The number of aromatic nitrogens is 1. The fourth-order valence-electron chi connectivity index (χ4n) is 3.86. The molecule has 2 aliphatic heterocycles. The number of ether oxygens (including phenoxy) is 1. The van der Waals surface area contributed by atoms with Crippen molar-refractivity contribution in [2.24, 2.45) is 11.7 Å². The standard InChI is InChI=1S/C21H20N4O2S/c22-20(26)25-12-15-10-24(11-16(15)13-25)9-14-5-7-17(8-6-14)27-21-23-18-3-1-2-4-19(18)28-21/h1-8,10,16H,9,11-13H2,(H2,22,26). The number of urea groups is 1. The molecule has 3 aromatic rings. The van der Waals surface area contributed by atoms with Gasteiger partial charge in [0.05, 0.1) is 10.2 Å². The highest BCUT2D eigenvalue weighted by Crippen LogP contribution is 2.32. The maximum absolute atomic E-state index is 11.3. The lowest BCUT2D eigenvalue weighted by Gasteiger charge is -2.20. The van der Waals surface area contributed by atoms with Crippen molar-refractivity contribution in [1.29, 1.82) is 0 Å². The summed E-state index contributed by atoms with van der Waals surface area (Å²) in [5.74, 6) is 1.20. The summed E-state index contributed by atoms with van der Waals surface area (Å²) in [6.45, 7) is 3.17. The van der Waals surface area contributed by atoms with E-state index in [1.54, 1.807) is 16.2 Å². The van der Waals surface area contributed by atoms with E-state index in [0.29, 0.717) is 17.7 Å². The Labute approximate surface area is 166 Å². The molecule has 2 aromatic carbocycles. The Hall–Kier alpha value is -3.06. The van der Waals surface area contributed by atoms with E-state index in [1.165, 1.54) is 11.1 Å². The molecule has 28 heavy (non-hydrogen) atoms. The number of fused-ring (bicyclic) bond motifs is 2. The molecule has 0 bridgehead atoms. The van der Waals surface area contributed by atoms with Gasteiger partial charge in [-0.15, -0.1) is 0 Å². The number of rotatable bonds is 4. The maximum Gasteiger partial charge on any atom is 0.315 e. The summed E-state index contributed by atoms with van der Waals surface area (Å²) < 4.78 is 7.04. The number of likely N-dealkylation sites (tertiary alicyclic amines) is 1. The lowest BCUT2D eigenvalue weighted by molar-refractivity contribution is 0.214. The van der Waals surface area contributed by atoms with Crippen LogP contribution in [0.3, 0.4) is 0 Å². The smallest absolute Gasteiger partial charge is 0.315 e. The van der Waals surface area contributed by atoms with Crippen LogP contribution in [0.5, 0.6) is 10.9 Å². The van der Waals surface area contributed by atoms with E-state index in [4.69, 9.17) is 10.5 Å². The monoisotopic (exact) mass is 392 g/mol. The molecule has 1 saturated heterocycles. The number of nitrogens with two attached hydrogens (primary N) is 1. The van der Waals surface area contributed by atoms with Crippen LogP contribution in [-0.2, 0) is 6.54 Å². The number of para-hydroxylation sites is 1. The topological polar surface area (TPSA) is 71.7 Å². The van der Waals surface area contributed by atoms with E-state index in [2.05, 4.69) is 28.2 Å². The van der Waals surface area contributed by atoms with Gasteiger partial charge in [0.1, 0.15) is 5.75 Å². The summed E-state index contributed by atoms with van der Waals surface area (Å²) >= 11 is 1.55. The second-order valence-electron chi connectivity index (χ2n) is 7.24. The molecule has 0 saturated carbocycles. The van der Waals surface area contributed by atoms with E-state index in [9.17, 15) is 4.79 Å². The van der Waals surface area contributed by atoms with Gasteiger partial charge in [-0.25, -0.2) is 9.78 Å². The average Bonchev–Trinajstić information content (AvgIpc) is 3.35. The molecule has 2 N–H and O–H groups in total. The van der Waals surface area contributed by atoms with Gasteiger partial charge < -0.3 is 20.3 Å². The third-order valence-electron chi connectivity index (χ3n) is 5.24. The summed E-state index contributed by atoms with van der Waals surface area (Å²) in [6, 6.07) is 15.8. The van der Waals surface area contributed by atoms with Crippen molar-refractivity contribution in [2.75, 3.05) is 19.6 Å². The minimum absolute atomic E-state index is 0.328. The molecule has 0 aliphatic carbocycles. The second kappa shape index (κ2) is 6.83. The van der Waals surface area contributed by atoms with Gasteiger partial charge in [0.2, 0.25) is 0 Å². The van der Waals surface area contributed by atoms with Crippen LogP contribution in [0.2, 0.25) is 0 Å². The van der Waals surface area contributed by atoms with Crippen molar-refractivity contribution >= 4 is 27.6 Å². The number of benzene rings is 2. The number of carbonyl (C=O) groups excluding carboxylic acids is 1. The van der Waals surface area contributed by atoms with Gasteiger partial charge in [0.15, 0.2) is 0 Å². The Morgan fingerprint density at radius 1 is 1.18 bits per heavy atom. The Morgan fingerprint density at radius 2 is 2.00 bits per heavy atom. The predicted molar refractivity (Wildman–Crippen MR) is 109 cm³/mol. The lowest BCUT2D eigenvalue weighted by Crippen LogP contribution is -2.35. The highest BCUT2D eigenvalue weighted by molar-refractivity contribution is 7.20. The first-order chi connectivity index (χ1) is 13.6. The fourth-order valence-corrected chi connectivity index (χ4v) is 4.69. The van der Waals surface area contributed by atoms with Gasteiger partial charge in [0.25, 0.3) is 5.19 Å². The summed E-state index contributed by atoms with van der Waals surface area (Å²) in [6.07, 6.45) is 2.18. The predicted octanol–water partition coefficient (Wildman–Crippen LogP) is 3.80. The second-order valence-corrected chi connectivity index (χ2v) is 8.24. The van der Waals surface area contributed by atoms with Gasteiger partial charge in [0, 0.05) is 38.3 Å². The van der Waals surface area contributed by atoms with E-state index < -0.39 is 0 Å². The van der Waals surface area contributed by atoms with Crippen LogP contribution < -0.4 is 10.5 Å². The normalized spacial score (nSPS) is 18.4. The number of thiazole rings is 1. The fraction of sp³-hybridized carbons (Fsp3) is 0.238. The van der Waals surface area contributed by atoms with Crippen molar-refractivity contribution in [2.45, 2.75) is 6.54 Å². The molecule has 2 amide bonds. The zero-order valence-corrected chi connectivity index (χ0v) is 16.1. The van der Waals surface area contributed by atoms with Gasteiger partial charge in [-0.3, -0.25) is 0 Å². The van der Waals surface area contributed by atoms with Crippen LogP contribution in [0.15, 0.2) is 60.3 Å². The van der Waals surface area contributed by atoms with E-state index in [0.717, 1.165) is 35.6 Å². The number of amides is 2. The molecule has 0 spiro atoms. The van der Waals surface area contributed by atoms with Crippen LogP contribution in [0.1, 0.15) is 5.56 Å². The number of carbonyl (C=O) groups is 1. The summed E-state index contributed by atoms with van der Waals surface area (Å²) in [4.78, 5) is 19.8. The molecule has 3 heterocycles. The molecule has 1 fully saturated rings. The number of nitrogens with zero attached hydrogens (tertiary/aromatic N) is 3. The molecule has 142 valence electrons. The molecular weight excluding hydrogens is 372 g/mol. The van der Waals surface area contributed by atoms with E-state index in [-0.39, 0.29) is 6.03 Å². The van der Waals surface area contributed by atoms with Crippen molar-refractivity contribution in [3.05, 3.63) is 65.9 Å². The first-order valence-corrected chi connectivity index (χ1v) is 10.1. The first-order valence-electron chi connectivity index (χ1n) is 9.25. The first kappa shape index (κ1) is 17.1. The molecule has 2 aliphatic rings. The molecule has 5 rings (SSSR count). The van der Waals surface area contributed by atoms with Gasteiger partial charge in [-0.2, -0.15) is 0 Å². The quantitative estimate of drug-likeness (QED) is 0.733. The Kier molecular flexibility index (Phi) is 4.16. The molecule has 1 unspecified atom stereocenters. The summed E-state index contributed by atoms with van der Waals surface area (Å²) in [5.41, 5.74) is 8.86. The Bertz CT molecular complexity index is 1030. The number of primary amides is 1. The zero-order chi connectivity index (χ0) is 19.1. The zero-order valence-electron chi connectivity index (χ0n) is 15.2. The summed E-state index contributed by atoms with van der Waals surface area (Å²) in [7, 11) is 0. The van der Waals surface area contributed by atoms with Crippen molar-refractivity contribution < 1.29 is 9.53 Å². The molecule has 6 nitrogen and oxygen atoms in total. The largest absolute Gasteiger partial charge is 0.431 e. The molecular formula is C21H20N4O2S. The number of hydrogen-bond donors (Lipinski definition) is 1. The molecule has 7 heteroatoms. The van der Waals surface area contributed by atoms with Gasteiger partial charge >= 0.3 is 6.03 Å². The Morgan fingerprint density at radius 3 is 2.75 bits per heavy atom. The van der Waals surface area contributed by atoms with Crippen LogP contribution in [0.25, 0.3) is 10.2 Å². The SMILES string of the molecule is NC(=O)N1CC2=CN(Cc3ccc(Oc4nc5ccccc5s4)cc3)CC2C1. The van der Waals surface area contributed by atoms with Gasteiger partial charge in [-0.1, -0.05) is 35.6 Å². The third kappa shape index (κ3) is 3.29. The number of hydrogen-bond acceptors (Lipinski definition) is 5. The highest BCUT2D eigenvalue weighted by Gasteiger charge is 2.34. The van der Waals surface area contributed by atoms with Crippen molar-refractivity contribution in [1.82, 2.24) is 14.8 Å². The van der Waals surface area contributed by atoms with Crippen LogP contribution in [-0.4, -0.2) is 40.4 Å². The molecule has 0 radical (unpaired) electrons. The minimum Gasteiger partial charge on any atom is -0.431 e. The van der Waals surface area contributed by atoms with E-state index in [1.807, 2.05) is 36.4 Å². The van der Waals surface area contributed by atoms with Crippen LogP contribution >= 0.6 is 11.3 Å². The minimum atomic E-state index is -0.328. The van der Waals surface area contributed by atoms with Crippen molar-refractivity contribution in [3.8, 4) is 10.9 Å². The third-order valence-corrected chi connectivity index (χ3v) is 6.16. The lowest BCUT2D eigenvalue weighted by atomic mass is 10.1. The van der Waals surface area contributed by atoms with E-state index >= 15 is 0 Å². The van der Waals surface area contributed by atoms with Crippen LogP contribution in [0, 0.1) is 5.92 Å². The molecule has 1 aromatic heterocycles. The molecule has 1 atom stereocenters. The van der Waals surface area contributed by atoms with Crippen molar-refractivity contribution in [3.63, 3.8) is 0 Å². The average molecular weight is 392 g/mol. The highest BCUT2D eigenvalue weighted by atomic mass is 32.1.